The van der Waals surface area contributed by atoms with Gasteiger partial charge in [0.15, 0.2) is 0 Å². The minimum absolute atomic E-state index is 0.104. The molecule has 0 bridgehead atoms. The van der Waals surface area contributed by atoms with Crippen molar-refractivity contribution >= 4 is 17.9 Å². The van der Waals surface area contributed by atoms with Crippen molar-refractivity contribution in [3.05, 3.63) is 120 Å². The van der Waals surface area contributed by atoms with Gasteiger partial charge >= 0.3 is 6.09 Å². The number of amides is 3. The number of hydrogen-bond donors (Lipinski definition) is 3. The molecule has 2 aromatic heterocycles. The van der Waals surface area contributed by atoms with E-state index in [0.717, 1.165) is 65.0 Å². The number of carbonyl (C=O) groups is 3. The zero-order valence-electron chi connectivity index (χ0n) is 32.7. The van der Waals surface area contributed by atoms with Crippen LogP contribution in [0.25, 0.3) is 22.4 Å². The van der Waals surface area contributed by atoms with Crippen molar-refractivity contribution in [2.45, 2.75) is 70.5 Å². The average molecular weight is 762 g/mol. The quantitative estimate of drug-likeness (QED) is 0.134. The van der Waals surface area contributed by atoms with Gasteiger partial charge in [0.25, 0.3) is 0 Å². The molecule has 3 N–H and O–H groups in total. The maximum Gasteiger partial charge on any atom is 0.407 e. The highest BCUT2D eigenvalue weighted by molar-refractivity contribution is 5.86. The number of carbonyl (C=O) groups excluding carboxylic acids is 3. The third kappa shape index (κ3) is 8.63. The summed E-state index contributed by atoms with van der Waals surface area (Å²) in [5.74, 6) is 13.4. The van der Waals surface area contributed by atoms with Crippen LogP contribution < -0.4 is 5.32 Å². The molecular formula is C46H47N7O4. The lowest BCUT2D eigenvalue weighted by atomic mass is 9.96. The van der Waals surface area contributed by atoms with E-state index in [1.165, 1.54) is 7.11 Å². The molecule has 0 saturated carbocycles. The smallest absolute Gasteiger partial charge is 0.407 e. The molecule has 4 heterocycles. The van der Waals surface area contributed by atoms with Crippen molar-refractivity contribution in [3.63, 3.8) is 0 Å². The standard InChI is InChI=1S/C46H47N7O4/c1-30(2)41(51-46(56)57-4)45(55)53-26-14-21-39(53)42-47-28-36(49-42)20-12-11-19-34-23-24-35(27-37(34)33-17-9-6-10-18-33)38-29-48-43(50-38)40-22-13-25-52(40)44(54)31(3)32-15-7-5-8-16-32/h5-10,15-18,23-24,27-31,39-41H,13-14,21-22,25-26H2,1-4H3,(H,47,49)(H,48,50)(H,51,56)/t31?,39?,40-,41-/m0/s1. The third-order valence-electron chi connectivity index (χ3n) is 10.8. The van der Waals surface area contributed by atoms with E-state index in [4.69, 9.17) is 9.72 Å². The number of aromatic amines is 2. The monoisotopic (exact) mass is 761 g/mol. The lowest BCUT2D eigenvalue weighted by Crippen LogP contribution is -2.51. The predicted octanol–water partition coefficient (Wildman–Crippen LogP) is 7.38. The Morgan fingerprint density at radius 1 is 0.772 bits per heavy atom. The molecule has 2 aliphatic rings. The number of rotatable bonds is 9. The Morgan fingerprint density at radius 3 is 2.09 bits per heavy atom. The summed E-state index contributed by atoms with van der Waals surface area (Å²) in [6.07, 6.45) is 6.23. The van der Waals surface area contributed by atoms with E-state index >= 15 is 0 Å². The van der Waals surface area contributed by atoms with E-state index in [0.29, 0.717) is 24.6 Å². The van der Waals surface area contributed by atoms with Crippen LogP contribution in [0.2, 0.25) is 0 Å². The fraction of sp³-hybridized carbons (Fsp3) is 0.326. The number of nitrogens with one attached hydrogen (secondary N) is 3. The Bertz CT molecular complexity index is 2340. The number of hydrogen-bond acceptors (Lipinski definition) is 6. The summed E-state index contributed by atoms with van der Waals surface area (Å²) < 4.78 is 4.75. The number of alkyl carbamates (subject to hydrolysis) is 1. The van der Waals surface area contributed by atoms with Gasteiger partial charge in [0, 0.05) is 24.2 Å². The molecule has 0 radical (unpaired) electrons. The summed E-state index contributed by atoms with van der Waals surface area (Å²) in [4.78, 5) is 59.0. The van der Waals surface area contributed by atoms with Crippen LogP contribution >= 0.6 is 0 Å². The second-order valence-electron chi connectivity index (χ2n) is 14.9. The minimum Gasteiger partial charge on any atom is -0.453 e. The number of aromatic nitrogens is 4. The highest BCUT2D eigenvalue weighted by Gasteiger charge is 2.38. The second kappa shape index (κ2) is 17.5. The van der Waals surface area contributed by atoms with Gasteiger partial charge < -0.3 is 29.8 Å². The highest BCUT2D eigenvalue weighted by atomic mass is 16.5. The molecule has 2 saturated heterocycles. The topological polar surface area (TPSA) is 136 Å². The van der Waals surface area contributed by atoms with Gasteiger partial charge in [-0.1, -0.05) is 86.5 Å². The fourth-order valence-corrected chi connectivity index (χ4v) is 7.74. The number of likely N-dealkylation sites (tertiary alicyclic amines) is 2. The summed E-state index contributed by atoms with van der Waals surface area (Å²) in [7, 11) is 1.28. The SMILES string of the molecule is COC(=O)N[C@H](C(=O)N1CCCC1c1ncc(C#CC#Cc2ccc(-c3cnc([C@@H]4CCCN4C(=O)C(C)c4ccccc4)[nH]3)cc2-c2ccccc2)[nH]1)C(C)C. The van der Waals surface area contributed by atoms with Crippen LogP contribution in [0.1, 0.15) is 92.9 Å². The van der Waals surface area contributed by atoms with E-state index < -0.39 is 12.1 Å². The van der Waals surface area contributed by atoms with Gasteiger partial charge in [0.05, 0.1) is 43.2 Å². The number of nitrogens with zero attached hydrogens (tertiary/aromatic N) is 4. The molecule has 290 valence electrons. The Balaban J connectivity index is 1.08. The van der Waals surface area contributed by atoms with Crippen molar-refractivity contribution in [2.75, 3.05) is 20.2 Å². The Labute approximate surface area is 333 Å². The number of methoxy groups -OCH3 is 1. The molecule has 3 amide bonds. The van der Waals surface area contributed by atoms with Gasteiger partial charge in [-0.25, -0.2) is 14.8 Å². The highest BCUT2D eigenvalue weighted by Crippen LogP contribution is 2.36. The van der Waals surface area contributed by atoms with Crippen LogP contribution in [0.15, 0.2) is 91.3 Å². The summed E-state index contributed by atoms with van der Waals surface area (Å²) in [6, 6.07) is 25.1. The lowest BCUT2D eigenvalue weighted by Gasteiger charge is -2.29. The first-order chi connectivity index (χ1) is 27.7. The van der Waals surface area contributed by atoms with Crippen molar-refractivity contribution in [3.8, 4) is 46.1 Å². The van der Waals surface area contributed by atoms with E-state index in [1.54, 1.807) is 11.1 Å². The molecular weight excluding hydrogens is 715 g/mol. The number of ether oxygens (including phenoxy) is 1. The first-order valence-electron chi connectivity index (χ1n) is 19.5. The lowest BCUT2D eigenvalue weighted by molar-refractivity contribution is -0.135. The molecule has 3 aromatic carbocycles. The molecule has 11 heteroatoms. The van der Waals surface area contributed by atoms with Gasteiger partial charge in [-0.05, 0) is 85.1 Å². The van der Waals surface area contributed by atoms with E-state index in [-0.39, 0.29) is 35.7 Å². The van der Waals surface area contributed by atoms with Crippen LogP contribution in [0, 0.1) is 29.6 Å². The summed E-state index contributed by atoms with van der Waals surface area (Å²) >= 11 is 0. The van der Waals surface area contributed by atoms with Gasteiger partial charge in [-0.15, -0.1) is 0 Å². The van der Waals surface area contributed by atoms with E-state index in [1.807, 2.05) is 92.5 Å². The van der Waals surface area contributed by atoms with Crippen LogP contribution in [0.5, 0.6) is 0 Å². The van der Waals surface area contributed by atoms with E-state index in [2.05, 4.69) is 62.1 Å². The van der Waals surface area contributed by atoms with E-state index in [9.17, 15) is 14.4 Å². The maximum absolute atomic E-state index is 13.6. The molecule has 4 atom stereocenters. The summed E-state index contributed by atoms with van der Waals surface area (Å²) in [5, 5.41) is 2.68. The van der Waals surface area contributed by atoms with Crippen molar-refractivity contribution in [1.82, 2.24) is 35.1 Å². The second-order valence-corrected chi connectivity index (χ2v) is 14.9. The predicted molar refractivity (Wildman–Crippen MR) is 218 cm³/mol. The van der Waals surface area contributed by atoms with Crippen molar-refractivity contribution < 1.29 is 19.1 Å². The molecule has 7 rings (SSSR count). The molecule has 5 aromatic rings. The third-order valence-corrected chi connectivity index (χ3v) is 10.8. The number of H-pyrrole nitrogens is 2. The summed E-state index contributed by atoms with van der Waals surface area (Å²) in [5.41, 5.74) is 6.25. The molecule has 57 heavy (non-hydrogen) atoms. The first kappa shape index (κ1) is 38.7. The van der Waals surface area contributed by atoms with Crippen LogP contribution in [-0.2, 0) is 14.3 Å². The Morgan fingerprint density at radius 2 is 1.40 bits per heavy atom. The van der Waals surface area contributed by atoms with Gasteiger partial charge in [0.1, 0.15) is 23.4 Å². The number of imidazole rings is 2. The zero-order valence-corrected chi connectivity index (χ0v) is 32.7. The first-order valence-corrected chi connectivity index (χ1v) is 19.5. The molecule has 2 unspecified atom stereocenters. The molecule has 2 aliphatic heterocycles. The minimum atomic E-state index is -0.705. The average Bonchev–Trinajstić information content (AvgIpc) is 4.09. The van der Waals surface area contributed by atoms with Gasteiger partial charge in [-0.3, -0.25) is 9.59 Å². The van der Waals surface area contributed by atoms with Crippen LogP contribution in [0.3, 0.4) is 0 Å². The van der Waals surface area contributed by atoms with Gasteiger partial charge in [-0.2, -0.15) is 0 Å². The van der Waals surface area contributed by atoms with Crippen LogP contribution in [0.4, 0.5) is 4.79 Å². The fourth-order valence-electron chi connectivity index (χ4n) is 7.74. The Hall–Kier alpha value is -6.59. The zero-order chi connectivity index (χ0) is 39.9. The number of benzene rings is 3. The van der Waals surface area contributed by atoms with Crippen LogP contribution in [-0.4, -0.2) is 73.9 Å². The summed E-state index contributed by atoms with van der Waals surface area (Å²) in [6.45, 7) is 7.04. The molecule has 11 nitrogen and oxygen atoms in total. The van der Waals surface area contributed by atoms with Gasteiger partial charge in [0.2, 0.25) is 11.8 Å². The normalized spacial score (nSPS) is 17.3. The Kier molecular flexibility index (Phi) is 11.9. The van der Waals surface area contributed by atoms with Crippen molar-refractivity contribution in [2.24, 2.45) is 5.92 Å². The molecule has 0 spiro atoms. The maximum atomic E-state index is 13.6. The molecule has 2 fully saturated rings. The largest absolute Gasteiger partial charge is 0.453 e. The molecule has 0 aliphatic carbocycles. The van der Waals surface area contributed by atoms with Crippen molar-refractivity contribution in [1.29, 1.82) is 0 Å².